The number of hydrogen-bond acceptors (Lipinski definition) is 1. The Morgan fingerprint density at radius 1 is 0.486 bits per heavy atom. The lowest BCUT2D eigenvalue weighted by atomic mass is 9.65. The zero-order chi connectivity index (χ0) is 26.0. The third-order valence-electron chi connectivity index (χ3n) is 8.42. The van der Waals surface area contributed by atoms with Gasteiger partial charge in [-0.3, -0.25) is 4.79 Å². The summed E-state index contributed by atoms with van der Waals surface area (Å²) in [5.74, 6) is -0.142. The van der Waals surface area contributed by atoms with Crippen molar-refractivity contribution in [2.24, 2.45) is 11.3 Å². The van der Waals surface area contributed by atoms with Gasteiger partial charge in [-0.05, 0) is 31.6 Å². The molecule has 210 valence electrons. The summed E-state index contributed by atoms with van der Waals surface area (Å²) in [7, 11) is 0. The molecule has 0 radical (unpaired) electrons. The second-order valence-electron chi connectivity index (χ2n) is 11.6. The van der Waals surface area contributed by atoms with Crippen LogP contribution >= 0.6 is 0 Å². The van der Waals surface area contributed by atoms with E-state index in [9.17, 15) is 9.90 Å². The minimum absolute atomic E-state index is 0.359. The van der Waals surface area contributed by atoms with Crippen molar-refractivity contribution in [3.05, 3.63) is 0 Å². The molecule has 0 aliphatic carbocycles. The molecule has 0 aromatic rings. The van der Waals surface area contributed by atoms with Crippen LogP contribution in [0.25, 0.3) is 0 Å². The van der Waals surface area contributed by atoms with Crippen LogP contribution in [0.3, 0.4) is 0 Å². The lowest BCUT2D eigenvalue weighted by Crippen LogP contribution is -2.39. The van der Waals surface area contributed by atoms with E-state index in [4.69, 9.17) is 0 Å². The molecule has 0 bridgehead atoms. The number of carboxylic acids is 1. The predicted octanol–water partition coefficient (Wildman–Crippen LogP) is 11.9. The van der Waals surface area contributed by atoms with Gasteiger partial charge in [0.25, 0.3) is 0 Å². The number of hydrogen-bond donors (Lipinski definition) is 1. The monoisotopic (exact) mass is 495 g/mol. The maximum Gasteiger partial charge on any atom is 0.309 e. The zero-order valence-electron chi connectivity index (χ0n) is 24.8. The van der Waals surface area contributed by atoms with Gasteiger partial charge in [-0.25, -0.2) is 0 Å². The summed E-state index contributed by atoms with van der Waals surface area (Å²) < 4.78 is 0. The first-order valence-corrected chi connectivity index (χ1v) is 16.3. The maximum absolute atomic E-state index is 12.7. The molecule has 0 aliphatic heterocycles. The standard InChI is InChI=1S/C33H66O2/c1-5-9-11-13-15-16-17-18-19-20-21-23-25-28-31(27-7-3)33(29-8-4,32(34)35)30-26-24-22-14-12-10-6-2/h31H,5-30H2,1-4H3,(H,34,35). The summed E-state index contributed by atoms with van der Waals surface area (Å²) in [6.45, 7) is 8.96. The smallest absolute Gasteiger partial charge is 0.309 e. The largest absolute Gasteiger partial charge is 0.481 e. The molecule has 2 nitrogen and oxygen atoms in total. The Kier molecular flexibility index (Phi) is 24.8. The summed E-state index contributed by atoms with van der Waals surface area (Å²) in [6.07, 6.45) is 32.8. The Morgan fingerprint density at radius 3 is 1.26 bits per heavy atom. The summed E-state index contributed by atoms with van der Waals surface area (Å²) >= 11 is 0. The Hall–Kier alpha value is -0.530. The summed E-state index contributed by atoms with van der Waals surface area (Å²) in [5, 5.41) is 10.4. The van der Waals surface area contributed by atoms with Crippen molar-refractivity contribution in [2.45, 2.75) is 195 Å². The van der Waals surface area contributed by atoms with Crippen molar-refractivity contribution < 1.29 is 9.90 Å². The van der Waals surface area contributed by atoms with Crippen molar-refractivity contribution in [1.29, 1.82) is 0 Å². The second-order valence-corrected chi connectivity index (χ2v) is 11.6. The molecule has 0 heterocycles. The Balaban J connectivity index is 4.34. The number of unbranched alkanes of at least 4 members (excludes halogenated alkanes) is 18. The maximum atomic E-state index is 12.7. The summed E-state index contributed by atoms with van der Waals surface area (Å²) in [6, 6.07) is 0. The molecule has 0 saturated carbocycles. The minimum atomic E-state index is -0.501. The molecule has 0 saturated heterocycles. The topological polar surface area (TPSA) is 37.3 Å². The number of rotatable bonds is 28. The minimum Gasteiger partial charge on any atom is -0.481 e. The molecule has 2 atom stereocenters. The second kappa shape index (κ2) is 25.1. The van der Waals surface area contributed by atoms with Crippen molar-refractivity contribution in [2.75, 3.05) is 0 Å². The van der Waals surface area contributed by atoms with Gasteiger partial charge in [0.1, 0.15) is 0 Å². The molecule has 0 aromatic carbocycles. The third-order valence-corrected chi connectivity index (χ3v) is 8.42. The van der Waals surface area contributed by atoms with Crippen molar-refractivity contribution >= 4 is 5.97 Å². The van der Waals surface area contributed by atoms with Crippen LogP contribution in [0, 0.1) is 11.3 Å². The van der Waals surface area contributed by atoms with Gasteiger partial charge >= 0.3 is 5.97 Å². The average Bonchev–Trinajstić information content (AvgIpc) is 2.84. The summed E-state index contributed by atoms with van der Waals surface area (Å²) in [5.41, 5.74) is -0.481. The van der Waals surface area contributed by atoms with Gasteiger partial charge in [-0.1, -0.05) is 169 Å². The van der Waals surface area contributed by atoms with E-state index in [2.05, 4.69) is 27.7 Å². The fraction of sp³-hybridized carbons (Fsp3) is 0.970. The predicted molar refractivity (Wildman–Crippen MR) is 156 cm³/mol. The lowest BCUT2D eigenvalue weighted by molar-refractivity contribution is -0.155. The normalized spacial score (nSPS) is 14.2. The van der Waals surface area contributed by atoms with Crippen molar-refractivity contribution in [3.63, 3.8) is 0 Å². The molecular formula is C33H66O2. The van der Waals surface area contributed by atoms with Crippen LogP contribution in [-0.2, 0) is 4.79 Å². The highest BCUT2D eigenvalue weighted by Gasteiger charge is 2.43. The van der Waals surface area contributed by atoms with Crippen LogP contribution in [0.2, 0.25) is 0 Å². The van der Waals surface area contributed by atoms with Crippen molar-refractivity contribution in [3.8, 4) is 0 Å². The van der Waals surface area contributed by atoms with E-state index in [1.165, 1.54) is 122 Å². The molecule has 0 rings (SSSR count). The average molecular weight is 495 g/mol. The Morgan fingerprint density at radius 2 is 0.886 bits per heavy atom. The first kappa shape index (κ1) is 34.5. The highest BCUT2D eigenvalue weighted by molar-refractivity contribution is 5.75. The quantitative estimate of drug-likeness (QED) is 0.110. The zero-order valence-corrected chi connectivity index (χ0v) is 24.8. The molecule has 0 aliphatic rings. The molecular weight excluding hydrogens is 428 g/mol. The van der Waals surface area contributed by atoms with E-state index >= 15 is 0 Å². The number of carboxylic acid groups (broad SMARTS) is 1. The molecule has 1 N–H and O–H groups in total. The lowest BCUT2D eigenvalue weighted by Gasteiger charge is -2.38. The fourth-order valence-corrected chi connectivity index (χ4v) is 6.22. The van der Waals surface area contributed by atoms with Gasteiger partial charge in [0.2, 0.25) is 0 Å². The molecule has 0 fully saturated rings. The molecule has 0 amide bonds. The van der Waals surface area contributed by atoms with Crippen LogP contribution in [0.4, 0.5) is 0 Å². The van der Waals surface area contributed by atoms with Gasteiger partial charge in [0, 0.05) is 0 Å². The SMILES string of the molecule is CCCCCCCCCCCCCCCC(CCC)C(CCC)(CCCCCCCCC)C(=O)O. The Bertz CT molecular complexity index is 446. The van der Waals surface area contributed by atoms with Gasteiger partial charge < -0.3 is 5.11 Å². The first-order valence-electron chi connectivity index (χ1n) is 16.3. The van der Waals surface area contributed by atoms with Crippen LogP contribution in [0.5, 0.6) is 0 Å². The highest BCUT2D eigenvalue weighted by Crippen LogP contribution is 2.44. The van der Waals surface area contributed by atoms with Crippen LogP contribution < -0.4 is 0 Å². The van der Waals surface area contributed by atoms with E-state index in [1.54, 1.807) is 0 Å². The first-order chi connectivity index (χ1) is 17.1. The van der Waals surface area contributed by atoms with Crippen LogP contribution in [0.1, 0.15) is 195 Å². The van der Waals surface area contributed by atoms with Crippen LogP contribution in [0.15, 0.2) is 0 Å². The van der Waals surface area contributed by atoms with Gasteiger partial charge in [-0.2, -0.15) is 0 Å². The molecule has 2 unspecified atom stereocenters. The Labute approximate surface area is 221 Å². The van der Waals surface area contributed by atoms with Crippen molar-refractivity contribution in [1.82, 2.24) is 0 Å². The highest BCUT2D eigenvalue weighted by atomic mass is 16.4. The number of carbonyl (C=O) groups is 1. The molecule has 35 heavy (non-hydrogen) atoms. The fourth-order valence-electron chi connectivity index (χ4n) is 6.22. The summed E-state index contributed by atoms with van der Waals surface area (Å²) in [4.78, 5) is 12.7. The van der Waals surface area contributed by atoms with E-state index in [0.29, 0.717) is 5.92 Å². The van der Waals surface area contributed by atoms with E-state index in [0.717, 1.165) is 44.9 Å². The number of aliphatic carboxylic acids is 1. The van der Waals surface area contributed by atoms with Gasteiger partial charge in [0.05, 0.1) is 5.41 Å². The van der Waals surface area contributed by atoms with E-state index in [1.807, 2.05) is 0 Å². The van der Waals surface area contributed by atoms with E-state index < -0.39 is 11.4 Å². The van der Waals surface area contributed by atoms with Gasteiger partial charge in [-0.15, -0.1) is 0 Å². The van der Waals surface area contributed by atoms with Gasteiger partial charge in [0.15, 0.2) is 0 Å². The molecule has 0 aromatic heterocycles. The van der Waals surface area contributed by atoms with E-state index in [-0.39, 0.29) is 0 Å². The molecule has 2 heteroatoms. The molecule has 0 spiro atoms. The van der Waals surface area contributed by atoms with Crippen LogP contribution in [-0.4, -0.2) is 11.1 Å². The third kappa shape index (κ3) is 17.5.